The summed E-state index contributed by atoms with van der Waals surface area (Å²) in [5.74, 6) is -0.913. The van der Waals surface area contributed by atoms with E-state index < -0.39 is 28.5 Å². The molecule has 7 nitrogen and oxygen atoms in total. The van der Waals surface area contributed by atoms with Gasteiger partial charge in [-0.2, -0.15) is 0 Å². The number of anilines is 1. The summed E-state index contributed by atoms with van der Waals surface area (Å²) in [6.45, 7) is 3.58. The Morgan fingerprint density at radius 1 is 1.03 bits per heavy atom. The molecule has 2 amide bonds. The average molecular weight is 549 g/mol. The Balaban J connectivity index is 2.38. The molecule has 1 atom stereocenters. The van der Waals surface area contributed by atoms with Crippen LogP contribution in [0.1, 0.15) is 32.3 Å². The van der Waals surface area contributed by atoms with Crippen LogP contribution in [0.15, 0.2) is 42.5 Å². The molecule has 34 heavy (non-hydrogen) atoms. The summed E-state index contributed by atoms with van der Waals surface area (Å²) in [4.78, 5) is 27.5. The van der Waals surface area contributed by atoms with Crippen molar-refractivity contribution in [3.8, 4) is 0 Å². The summed E-state index contributed by atoms with van der Waals surface area (Å²) in [7, 11) is -3.86. The maximum absolute atomic E-state index is 13.5. The maximum atomic E-state index is 13.5. The van der Waals surface area contributed by atoms with Crippen molar-refractivity contribution in [3.05, 3.63) is 63.1 Å². The van der Waals surface area contributed by atoms with Crippen LogP contribution in [0, 0.1) is 0 Å². The monoisotopic (exact) mass is 547 g/mol. The number of halogens is 3. The van der Waals surface area contributed by atoms with E-state index in [1.807, 2.05) is 6.92 Å². The minimum atomic E-state index is -3.86. The number of rotatable bonds is 11. The first-order valence-corrected chi connectivity index (χ1v) is 13.7. The highest BCUT2D eigenvalue weighted by Gasteiger charge is 2.30. The second kappa shape index (κ2) is 12.6. The van der Waals surface area contributed by atoms with Gasteiger partial charge in [0, 0.05) is 18.1 Å². The Hall–Kier alpha value is -2.00. The lowest BCUT2D eigenvalue weighted by atomic mass is 10.1. The van der Waals surface area contributed by atoms with Gasteiger partial charge >= 0.3 is 0 Å². The number of carbonyl (C=O) groups is 2. The standard InChI is InChI=1S/C23H28Cl3N3O4S/c1-4-5-12-27-23(31)16(2)28(14-17-8-6-7-9-19(17)24)22(30)15-29(34(3,32)33)18-10-11-20(25)21(26)13-18/h6-11,13,16H,4-5,12,14-15H2,1-3H3,(H,27,31). The zero-order valence-corrected chi connectivity index (χ0v) is 22.3. The second-order valence-corrected chi connectivity index (χ2v) is 10.9. The minimum absolute atomic E-state index is 0.0276. The molecule has 0 heterocycles. The molecule has 0 saturated carbocycles. The van der Waals surface area contributed by atoms with Crippen LogP contribution in [0.3, 0.4) is 0 Å². The highest BCUT2D eigenvalue weighted by molar-refractivity contribution is 7.92. The summed E-state index contributed by atoms with van der Waals surface area (Å²) in [6.07, 6.45) is 2.70. The molecule has 0 spiro atoms. The van der Waals surface area contributed by atoms with Crippen molar-refractivity contribution < 1.29 is 18.0 Å². The summed E-state index contributed by atoms with van der Waals surface area (Å²) >= 11 is 18.3. The number of sulfonamides is 1. The molecule has 2 aromatic rings. The third kappa shape index (κ3) is 7.77. The number of hydrogen-bond donors (Lipinski definition) is 1. The quantitative estimate of drug-likeness (QED) is 0.411. The van der Waals surface area contributed by atoms with Crippen LogP contribution >= 0.6 is 34.8 Å². The van der Waals surface area contributed by atoms with Gasteiger partial charge in [-0.3, -0.25) is 13.9 Å². The Bertz CT molecular complexity index is 1130. The molecule has 0 aliphatic carbocycles. The predicted octanol–water partition coefficient (Wildman–Crippen LogP) is 4.75. The molecule has 0 aliphatic heterocycles. The fraction of sp³-hybridized carbons (Fsp3) is 0.391. The number of nitrogens with one attached hydrogen (secondary N) is 1. The number of hydrogen-bond acceptors (Lipinski definition) is 4. The summed E-state index contributed by atoms with van der Waals surface area (Å²) in [5, 5.41) is 3.65. The lowest BCUT2D eigenvalue weighted by Crippen LogP contribution is -2.51. The van der Waals surface area contributed by atoms with E-state index in [0.717, 1.165) is 23.4 Å². The lowest BCUT2D eigenvalue weighted by molar-refractivity contribution is -0.139. The fourth-order valence-corrected chi connectivity index (χ4v) is 4.51. The molecule has 2 aromatic carbocycles. The smallest absolute Gasteiger partial charge is 0.244 e. The third-order valence-electron chi connectivity index (χ3n) is 5.17. The van der Waals surface area contributed by atoms with Crippen molar-refractivity contribution in [1.29, 1.82) is 0 Å². The van der Waals surface area contributed by atoms with E-state index in [0.29, 0.717) is 17.1 Å². The predicted molar refractivity (Wildman–Crippen MR) is 138 cm³/mol. The van der Waals surface area contributed by atoms with Crippen LogP contribution < -0.4 is 9.62 Å². The van der Waals surface area contributed by atoms with Crippen LogP contribution in [0.5, 0.6) is 0 Å². The minimum Gasteiger partial charge on any atom is -0.354 e. The normalized spacial score (nSPS) is 12.2. The van der Waals surface area contributed by atoms with E-state index in [4.69, 9.17) is 34.8 Å². The summed E-state index contributed by atoms with van der Waals surface area (Å²) in [6, 6.07) is 10.4. The molecule has 0 saturated heterocycles. The molecule has 0 fully saturated rings. The van der Waals surface area contributed by atoms with Gasteiger partial charge in [-0.1, -0.05) is 66.3 Å². The molecule has 0 aliphatic rings. The Labute approximate surface area is 216 Å². The zero-order chi connectivity index (χ0) is 25.5. The van der Waals surface area contributed by atoms with Gasteiger partial charge in [0.1, 0.15) is 12.6 Å². The van der Waals surface area contributed by atoms with Crippen molar-refractivity contribution in [2.45, 2.75) is 39.3 Å². The lowest BCUT2D eigenvalue weighted by Gasteiger charge is -2.31. The number of unbranched alkanes of at least 4 members (excludes halogenated alkanes) is 1. The highest BCUT2D eigenvalue weighted by Crippen LogP contribution is 2.29. The Morgan fingerprint density at radius 3 is 2.29 bits per heavy atom. The van der Waals surface area contributed by atoms with Crippen LogP contribution in [-0.4, -0.2) is 50.5 Å². The molecular weight excluding hydrogens is 521 g/mol. The Kier molecular flexibility index (Phi) is 10.5. The molecule has 0 radical (unpaired) electrons. The number of carbonyl (C=O) groups excluding carboxylic acids is 2. The van der Waals surface area contributed by atoms with E-state index in [-0.39, 0.29) is 28.2 Å². The van der Waals surface area contributed by atoms with Crippen LogP contribution in [0.4, 0.5) is 5.69 Å². The topological polar surface area (TPSA) is 86.8 Å². The van der Waals surface area contributed by atoms with E-state index in [1.54, 1.807) is 31.2 Å². The zero-order valence-electron chi connectivity index (χ0n) is 19.2. The van der Waals surface area contributed by atoms with Crippen molar-refractivity contribution in [3.63, 3.8) is 0 Å². The van der Waals surface area contributed by atoms with E-state index in [9.17, 15) is 18.0 Å². The largest absolute Gasteiger partial charge is 0.354 e. The summed E-state index contributed by atoms with van der Waals surface area (Å²) < 4.78 is 26.0. The number of amides is 2. The highest BCUT2D eigenvalue weighted by atomic mass is 35.5. The number of nitrogens with zero attached hydrogens (tertiary/aromatic N) is 2. The van der Waals surface area contributed by atoms with Gasteiger partial charge in [-0.05, 0) is 43.2 Å². The van der Waals surface area contributed by atoms with Gasteiger partial charge in [0.25, 0.3) is 0 Å². The van der Waals surface area contributed by atoms with Crippen LogP contribution in [-0.2, 0) is 26.2 Å². The maximum Gasteiger partial charge on any atom is 0.244 e. The average Bonchev–Trinajstić information content (AvgIpc) is 2.77. The van der Waals surface area contributed by atoms with Crippen molar-refractivity contribution >= 4 is 62.3 Å². The first-order valence-electron chi connectivity index (χ1n) is 10.7. The van der Waals surface area contributed by atoms with E-state index >= 15 is 0 Å². The molecule has 2 rings (SSSR count). The Morgan fingerprint density at radius 2 is 1.71 bits per heavy atom. The third-order valence-corrected chi connectivity index (χ3v) is 7.41. The van der Waals surface area contributed by atoms with Gasteiger partial charge in [-0.15, -0.1) is 0 Å². The molecule has 0 aromatic heterocycles. The first-order chi connectivity index (χ1) is 16.0. The first kappa shape index (κ1) is 28.2. The van der Waals surface area contributed by atoms with Gasteiger partial charge in [0.15, 0.2) is 0 Å². The van der Waals surface area contributed by atoms with E-state index in [2.05, 4.69) is 5.32 Å². The van der Waals surface area contributed by atoms with E-state index in [1.165, 1.54) is 23.1 Å². The van der Waals surface area contributed by atoms with Gasteiger partial charge < -0.3 is 10.2 Å². The van der Waals surface area contributed by atoms with Gasteiger partial charge in [-0.25, -0.2) is 8.42 Å². The summed E-state index contributed by atoms with van der Waals surface area (Å²) in [5.41, 5.74) is 0.814. The molecule has 0 bridgehead atoms. The second-order valence-electron chi connectivity index (χ2n) is 7.80. The fourth-order valence-electron chi connectivity index (χ4n) is 3.18. The van der Waals surface area contributed by atoms with Gasteiger partial charge in [0.2, 0.25) is 21.8 Å². The van der Waals surface area contributed by atoms with Crippen molar-refractivity contribution in [2.24, 2.45) is 0 Å². The SMILES string of the molecule is CCCCNC(=O)C(C)N(Cc1ccccc1Cl)C(=O)CN(c1ccc(Cl)c(Cl)c1)S(C)(=O)=O. The molecule has 186 valence electrons. The molecular formula is C23H28Cl3N3O4S. The van der Waals surface area contributed by atoms with Gasteiger partial charge in [0.05, 0.1) is 22.0 Å². The van der Waals surface area contributed by atoms with Crippen molar-refractivity contribution in [1.82, 2.24) is 10.2 Å². The molecule has 1 unspecified atom stereocenters. The van der Waals surface area contributed by atoms with Crippen molar-refractivity contribution in [2.75, 3.05) is 23.7 Å². The number of benzene rings is 2. The van der Waals surface area contributed by atoms with Crippen LogP contribution in [0.25, 0.3) is 0 Å². The molecule has 1 N–H and O–H groups in total. The van der Waals surface area contributed by atoms with Crippen LogP contribution in [0.2, 0.25) is 15.1 Å². The molecule has 11 heteroatoms.